The number of hydrogen-bond donors (Lipinski definition) is 0. The van der Waals surface area contributed by atoms with E-state index in [1.54, 1.807) is 34.3 Å². The van der Waals surface area contributed by atoms with Gasteiger partial charge in [-0.2, -0.15) is 9.30 Å². The van der Waals surface area contributed by atoms with Gasteiger partial charge in [-0.05, 0) is 18.2 Å². The Labute approximate surface area is 175 Å². The summed E-state index contributed by atoms with van der Waals surface area (Å²) in [5, 5.41) is 1.41. The maximum Gasteiger partial charge on any atom is 0.315 e. The number of halogens is 1. The molecule has 1 saturated heterocycles. The fraction of sp³-hybridized carbons (Fsp3) is 0.263. The Kier molecular flexibility index (Phi) is 5.95. The largest absolute Gasteiger partial charge is 0.438 e. The highest BCUT2D eigenvalue weighted by atomic mass is 32.2. The summed E-state index contributed by atoms with van der Waals surface area (Å²) in [6.07, 6.45) is 1.69. The molecule has 4 rings (SSSR count). The van der Waals surface area contributed by atoms with Crippen LogP contribution in [-0.4, -0.2) is 49.5 Å². The van der Waals surface area contributed by atoms with Crippen LogP contribution >= 0.6 is 11.3 Å². The third-order valence-electron chi connectivity index (χ3n) is 4.51. The average Bonchev–Trinajstić information content (AvgIpc) is 3.41. The number of carbonyl (C=O) groups is 1. The van der Waals surface area contributed by atoms with Crippen molar-refractivity contribution in [3.05, 3.63) is 69.9 Å². The first kappa shape index (κ1) is 20.7. The molecule has 0 unspecified atom stereocenters. The lowest BCUT2D eigenvalue weighted by Crippen LogP contribution is -2.40. The number of rotatable bonds is 5. The van der Waals surface area contributed by atoms with E-state index in [1.807, 2.05) is 0 Å². The summed E-state index contributed by atoms with van der Waals surface area (Å²) in [5.41, 5.74) is 0.460. The molecule has 158 valence electrons. The lowest BCUT2D eigenvalue weighted by molar-refractivity contribution is 0.0723. The minimum absolute atomic E-state index is 0.187. The second kappa shape index (κ2) is 8.64. The summed E-state index contributed by atoms with van der Waals surface area (Å²) in [4.78, 5) is 16.9. The molecule has 0 radical (unpaired) electrons. The zero-order chi connectivity index (χ0) is 21.1. The molecule has 1 aliphatic rings. The van der Waals surface area contributed by atoms with Gasteiger partial charge in [0.15, 0.2) is 10.6 Å². The van der Waals surface area contributed by atoms with E-state index in [9.17, 15) is 17.6 Å². The van der Waals surface area contributed by atoms with Crippen LogP contribution in [0.15, 0.2) is 62.5 Å². The fourth-order valence-corrected chi connectivity index (χ4v) is 4.99. The normalized spacial score (nSPS) is 16.1. The van der Waals surface area contributed by atoms with E-state index in [0.717, 1.165) is 0 Å². The van der Waals surface area contributed by atoms with Gasteiger partial charge in [-0.3, -0.25) is 4.79 Å². The SMILES string of the molecule is O=C(N=c1sccn1Cc1ccccc1F)c1ccc(S(=O)(=O)N2CCOCC2)o1. The Bertz CT molecular complexity index is 1220. The number of thiazole rings is 1. The fourth-order valence-electron chi connectivity index (χ4n) is 2.95. The molecule has 1 amide bonds. The second-order valence-electron chi connectivity index (χ2n) is 6.46. The van der Waals surface area contributed by atoms with Crippen molar-refractivity contribution in [1.29, 1.82) is 0 Å². The monoisotopic (exact) mass is 451 g/mol. The highest BCUT2D eigenvalue weighted by molar-refractivity contribution is 7.89. The Morgan fingerprint density at radius 2 is 1.93 bits per heavy atom. The predicted octanol–water partition coefficient (Wildman–Crippen LogP) is 2.09. The Morgan fingerprint density at radius 3 is 2.70 bits per heavy atom. The maximum absolute atomic E-state index is 13.9. The zero-order valence-corrected chi connectivity index (χ0v) is 17.4. The van der Waals surface area contributed by atoms with Crippen molar-refractivity contribution in [2.75, 3.05) is 26.3 Å². The van der Waals surface area contributed by atoms with Crippen molar-refractivity contribution in [2.45, 2.75) is 11.6 Å². The molecule has 0 N–H and O–H groups in total. The van der Waals surface area contributed by atoms with Crippen molar-refractivity contribution < 1.29 is 26.8 Å². The summed E-state index contributed by atoms with van der Waals surface area (Å²) < 4.78 is 52.5. The van der Waals surface area contributed by atoms with Crippen LogP contribution in [-0.2, 0) is 21.3 Å². The smallest absolute Gasteiger partial charge is 0.315 e. The number of amides is 1. The summed E-state index contributed by atoms with van der Waals surface area (Å²) in [6, 6.07) is 8.88. The minimum Gasteiger partial charge on any atom is -0.438 e. The highest BCUT2D eigenvalue weighted by Gasteiger charge is 2.30. The van der Waals surface area contributed by atoms with Crippen LogP contribution in [0.1, 0.15) is 16.1 Å². The summed E-state index contributed by atoms with van der Waals surface area (Å²) in [7, 11) is -3.84. The van der Waals surface area contributed by atoms with E-state index in [2.05, 4.69) is 4.99 Å². The summed E-state index contributed by atoms with van der Waals surface area (Å²) in [6.45, 7) is 1.27. The molecule has 1 fully saturated rings. The molecule has 0 atom stereocenters. The molecule has 3 aromatic rings. The van der Waals surface area contributed by atoms with Crippen molar-refractivity contribution in [1.82, 2.24) is 8.87 Å². The number of morpholine rings is 1. The number of aromatic nitrogens is 1. The number of benzene rings is 1. The molecule has 11 heteroatoms. The molecule has 2 aromatic heterocycles. The molecule has 1 aromatic carbocycles. The molecular weight excluding hydrogens is 433 g/mol. The van der Waals surface area contributed by atoms with Crippen molar-refractivity contribution in [3.63, 3.8) is 0 Å². The van der Waals surface area contributed by atoms with Gasteiger partial charge in [-0.15, -0.1) is 11.3 Å². The van der Waals surface area contributed by atoms with Crippen LogP contribution in [0, 0.1) is 5.82 Å². The Morgan fingerprint density at radius 1 is 1.17 bits per heavy atom. The van der Waals surface area contributed by atoms with Gasteiger partial charge in [0.2, 0.25) is 5.09 Å². The summed E-state index contributed by atoms with van der Waals surface area (Å²) in [5.74, 6) is -1.26. The number of furan rings is 1. The first-order valence-corrected chi connectivity index (χ1v) is 11.4. The van der Waals surface area contributed by atoms with Crippen LogP contribution < -0.4 is 4.80 Å². The second-order valence-corrected chi connectivity index (χ2v) is 9.20. The van der Waals surface area contributed by atoms with Crippen LogP contribution in [0.25, 0.3) is 0 Å². The quantitative estimate of drug-likeness (QED) is 0.592. The van der Waals surface area contributed by atoms with Crippen molar-refractivity contribution in [2.24, 2.45) is 4.99 Å². The zero-order valence-electron chi connectivity index (χ0n) is 15.7. The van der Waals surface area contributed by atoms with Gasteiger partial charge in [0.25, 0.3) is 10.0 Å². The van der Waals surface area contributed by atoms with E-state index in [4.69, 9.17) is 9.15 Å². The molecular formula is C19H18FN3O5S2. The van der Waals surface area contributed by atoms with Crippen molar-refractivity contribution >= 4 is 27.3 Å². The van der Waals surface area contributed by atoms with Gasteiger partial charge in [-0.25, -0.2) is 12.8 Å². The third-order valence-corrected chi connectivity index (χ3v) is 7.08. The minimum atomic E-state index is -3.84. The number of carbonyl (C=O) groups excluding carboxylic acids is 1. The maximum atomic E-state index is 13.9. The molecule has 30 heavy (non-hydrogen) atoms. The van der Waals surface area contributed by atoms with Crippen LogP contribution in [0.5, 0.6) is 0 Å². The standard InChI is InChI=1S/C19H18FN3O5S2/c20-15-4-2-1-3-14(15)13-22-9-12-29-19(22)21-18(24)16-5-6-17(28-16)30(25,26)23-7-10-27-11-8-23/h1-6,9,12H,7-8,10-11,13H2. The molecule has 0 spiro atoms. The molecule has 0 bridgehead atoms. The average molecular weight is 452 g/mol. The van der Waals surface area contributed by atoms with Crippen LogP contribution in [0.2, 0.25) is 0 Å². The molecule has 0 aliphatic carbocycles. The number of ether oxygens (including phenoxy) is 1. The van der Waals surface area contributed by atoms with Gasteiger partial charge >= 0.3 is 5.91 Å². The highest BCUT2D eigenvalue weighted by Crippen LogP contribution is 2.20. The first-order valence-electron chi connectivity index (χ1n) is 9.09. The van der Waals surface area contributed by atoms with E-state index in [-0.39, 0.29) is 36.3 Å². The number of hydrogen-bond acceptors (Lipinski definition) is 6. The number of nitrogens with zero attached hydrogens (tertiary/aromatic N) is 3. The number of sulfonamides is 1. The predicted molar refractivity (Wildman–Crippen MR) is 106 cm³/mol. The van der Waals surface area contributed by atoms with Crippen LogP contribution in [0.4, 0.5) is 4.39 Å². The van der Waals surface area contributed by atoms with E-state index in [1.165, 1.54) is 33.8 Å². The molecule has 1 aliphatic heterocycles. The van der Waals surface area contributed by atoms with Gasteiger partial charge < -0.3 is 13.7 Å². The molecule has 0 saturated carbocycles. The van der Waals surface area contributed by atoms with Crippen molar-refractivity contribution in [3.8, 4) is 0 Å². The van der Waals surface area contributed by atoms with Gasteiger partial charge in [0.05, 0.1) is 19.8 Å². The topological polar surface area (TPSA) is 94.1 Å². The Hall–Kier alpha value is -2.60. The van der Waals surface area contributed by atoms with Gasteiger partial charge in [0, 0.05) is 30.2 Å². The summed E-state index contributed by atoms with van der Waals surface area (Å²) >= 11 is 1.20. The Balaban J connectivity index is 1.56. The molecule has 8 nitrogen and oxygen atoms in total. The van der Waals surface area contributed by atoms with E-state index < -0.39 is 15.9 Å². The lowest BCUT2D eigenvalue weighted by atomic mass is 10.2. The van der Waals surface area contributed by atoms with E-state index in [0.29, 0.717) is 23.6 Å². The first-order chi connectivity index (χ1) is 14.4. The van der Waals surface area contributed by atoms with Crippen LogP contribution in [0.3, 0.4) is 0 Å². The third kappa shape index (κ3) is 4.29. The molecule has 3 heterocycles. The lowest BCUT2D eigenvalue weighted by Gasteiger charge is -2.24. The van der Waals surface area contributed by atoms with E-state index >= 15 is 0 Å². The van der Waals surface area contributed by atoms with Gasteiger partial charge in [-0.1, -0.05) is 18.2 Å². The van der Waals surface area contributed by atoms with Gasteiger partial charge in [0.1, 0.15) is 5.82 Å².